The van der Waals surface area contributed by atoms with E-state index in [2.05, 4.69) is 12.2 Å². The third kappa shape index (κ3) is 6.93. The summed E-state index contributed by atoms with van der Waals surface area (Å²) in [5.74, 6) is 0.276. The Kier molecular flexibility index (Phi) is 8.71. The molecule has 0 aromatic heterocycles. The first-order chi connectivity index (χ1) is 13.9. The number of ether oxygens (including phenoxy) is 1. The maximum absolute atomic E-state index is 13.0. The van der Waals surface area contributed by atoms with Crippen LogP contribution in [-0.2, 0) is 22.6 Å². The lowest BCUT2D eigenvalue weighted by Gasteiger charge is -2.28. The number of rotatable bonds is 10. The first-order valence-electron chi connectivity index (χ1n) is 10.3. The van der Waals surface area contributed by atoms with Crippen LogP contribution >= 0.6 is 0 Å². The highest BCUT2D eigenvalue weighted by Gasteiger charge is 2.26. The topological polar surface area (TPSA) is 58.6 Å². The molecule has 156 valence electrons. The van der Waals surface area contributed by atoms with Gasteiger partial charge >= 0.3 is 0 Å². The Morgan fingerprint density at radius 1 is 1.00 bits per heavy atom. The second kappa shape index (κ2) is 11.2. The molecule has 29 heavy (non-hydrogen) atoms. The lowest BCUT2D eigenvalue weighted by Crippen LogP contribution is -2.49. The summed E-state index contributed by atoms with van der Waals surface area (Å²) in [6.07, 6.45) is 1.80. The van der Waals surface area contributed by atoms with Crippen molar-refractivity contribution in [2.75, 3.05) is 13.2 Å². The van der Waals surface area contributed by atoms with Gasteiger partial charge in [-0.1, -0.05) is 55.8 Å². The number of aryl methyl sites for hydroxylation is 2. The van der Waals surface area contributed by atoms with E-state index in [1.807, 2.05) is 62.4 Å². The molecule has 0 aliphatic heterocycles. The molecule has 2 aromatic rings. The summed E-state index contributed by atoms with van der Waals surface area (Å²) in [4.78, 5) is 27.0. The molecule has 0 heterocycles. The van der Waals surface area contributed by atoms with Gasteiger partial charge in [0.05, 0.1) is 0 Å². The van der Waals surface area contributed by atoms with Gasteiger partial charge in [-0.05, 0) is 49.9 Å². The minimum Gasteiger partial charge on any atom is -0.484 e. The average molecular weight is 397 g/mol. The molecule has 0 bridgehead atoms. The van der Waals surface area contributed by atoms with Crippen LogP contribution in [0.5, 0.6) is 5.75 Å². The van der Waals surface area contributed by atoms with E-state index in [-0.39, 0.29) is 18.4 Å². The van der Waals surface area contributed by atoms with Crippen molar-refractivity contribution in [1.29, 1.82) is 0 Å². The lowest BCUT2D eigenvalue weighted by atomic mass is 10.1. The smallest absolute Gasteiger partial charge is 0.261 e. The van der Waals surface area contributed by atoms with Crippen LogP contribution < -0.4 is 10.1 Å². The van der Waals surface area contributed by atoms with E-state index in [1.54, 1.807) is 11.8 Å². The van der Waals surface area contributed by atoms with Crippen molar-refractivity contribution >= 4 is 11.8 Å². The Morgan fingerprint density at radius 2 is 1.62 bits per heavy atom. The van der Waals surface area contributed by atoms with Crippen molar-refractivity contribution in [3.8, 4) is 5.75 Å². The highest BCUT2D eigenvalue weighted by atomic mass is 16.5. The molecule has 0 aliphatic rings. The number of nitrogens with zero attached hydrogens (tertiary/aromatic N) is 1. The van der Waals surface area contributed by atoms with E-state index in [4.69, 9.17) is 4.74 Å². The number of benzene rings is 2. The van der Waals surface area contributed by atoms with Crippen molar-refractivity contribution in [2.24, 2.45) is 0 Å². The summed E-state index contributed by atoms with van der Waals surface area (Å²) >= 11 is 0. The molecule has 2 aromatic carbocycles. The molecule has 0 saturated carbocycles. The molecule has 0 spiro atoms. The Morgan fingerprint density at radius 3 is 2.21 bits per heavy atom. The molecule has 5 heteroatoms. The molecule has 0 fully saturated rings. The summed E-state index contributed by atoms with van der Waals surface area (Å²) in [5, 5.41) is 2.88. The monoisotopic (exact) mass is 396 g/mol. The van der Waals surface area contributed by atoms with Gasteiger partial charge in [-0.25, -0.2) is 0 Å². The Balaban J connectivity index is 2.09. The van der Waals surface area contributed by atoms with Gasteiger partial charge in [-0.2, -0.15) is 0 Å². The van der Waals surface area contributed by atoms with E-state index >= 15 is 0 Å². The van der Waals surface area contributed by atoms with Crippen LogP contribution in [-0.4, -0.2) is 35.9 Å². The molecule has 0 radical (unpaired) electrons. The van der Waals surface area contributed by atoms with Gasteiger partial charge in [-0.15, -0.1) is 0 Å². The minimum absolute atomic E-state index is 0.108. The number of hydrogen-bond acceptors (Lipinski definition) is 3. The fourth-order valence-corrected chi connectivity index (χ4v) is 2.92. The highest BCUT2D eigenvalue weighted by molar-refractivity contribution is 5.87. The van der Waals surface area contributed by atoms with E-state index in [0.29, 0.717) is 18.8 Å². The summed E-state index contributed by atoms with van der Waals surface area (Å²) in [6.45, 7) is 8.71. The third-order valence-electron chi connectivity index (χ3n) is 4.88. The zero-order chi connectivity index (χ0) is 21.2. The van der Waals surface area contributed by atoms with Crippen molar-refractivity contribution in [3.63, 3.8) is 0 Å². The van der Waals surface area contributed by atoms with Crippen LogP contribution in [0.1, 0.15) is 43.9 Å². The number of carbonyl (C=O) groups excluding carboxylic acids is 2. The molecular weight excluding hydrogens is 364 g/mol. The quantitative estimate of drug-likeness (QED) is 0.663. The number of hydrogen-bond donors (Lipinski definition) is 1. The maximum atomic E-state index is 13.0. The van der Waals surface area contributed by atoms with Gasteiger partial charge in [0, 0.05) is 13.1 Å². The van der Waals surface area contributed by atoms with Crippen molar-refractivity contribution in [3.05, 3.63) is 65.2 Å². The zero-order valence-corrected chi connectivity index (χ0v) is 17.9. The largest absolute Gasteiger partial charge is 0.484 e. The SMILES string of the molecule is CCCNC(=O)C(C)N(Cc1ccc(C)cc1)C(=O)COc1ccc(CC)cc1. The number of nitrogens with one attached hydrogen (secondary N) is 1. The van der Waals surface area contributed by atoms with Gasteiger partial charge in [-0.3, -0.25) is 9.59 Å². The zero-order valence-electron chi connectivity index (χ0n) is 17.9. The molecule has 2 amide bonds. The Labute approximate surface area is 174 Å². The second-order valence-corrected chi connectivity index (χ2v) is 7.26. The van der Waals surface area contributed by atoms with Crippen LogP contribution in [0.25, 0.3) is 0 Å². The maximum Gasteiger partial charge on any atom is 0.261 e. The van der Waals surface area contributed by atoms with E-state index < -0.39 is 6.04 Å². The molecule has 5 nitrogen and oxygen atoms in total. The summed E-state index contributed by atoms with van der Waals surface area (Å²) < 4.78 is 5.69. The molecule has 1 N–H and O–H groups in total. The lowest BCUT2D eigenvalue weighted by molar-refractivity contribution is -0.142. The van der Waals surface area contributed by atoms with Crippen molar-refractivity contribution in [1.82, 2.24) is 10.2 Å². The normalized spacial score (nSPS) is 11.6. The molecular formula is C24H32N2O3. The predicted molar refractivity (Wildman–Crippen MR) is 116 cm³/mol. The summed E-state index contributed by atoms with van der Waals surface area (Å²) in [5.41, 5.74) is 3.34. The van der Waals surface area contributed by atoms with Gasteiger partial charge in [0.1, 0.15) is 11.8 Å². The first-order valence-corrected chi connectivity index (χ1v) is 10.3. The van der Waals surface area contributed by atoms with E-state index in [0.717, 1.165) is 24.0 Å². The average Bonchev–Trinajstić information content (AvgIpc) is 2.75. The van der Waals surface area contributed by atoms with Gasteiger partial charge in [0.2, 0.25) is 5.91 Å². The van der Waals surface area contributed by atoms with Crippen molar-refractivity contribution < 1.29 is 14.3 Å². The van der Waals surface area contributed by atoms with E-state index in [1.165, 1.54) is 5.56 Å². The van der Waals surface area contributed by atoms with E-state index in [9.17, 15) is 9.59 Å². The number of carbonyl (C=O) groups is 2. The van der Waals surface area contributed by atoms with Gasteiger partial charge < -0.3 is 15.0 Å². The molecule has 1 atom stereocenters. The summed E-state index contributed by atoms with van der Waals surface area (Å²) in [6, 6.07) is 15.1. The molecule has 1 unspecified atom stereocenters. The first kappa shape index (κ1) is 22.5. The fraction of sp³-hybridized carbons (Fsp3) is 0.417. The van der Waals surface area contributed by atoms with Gasteiger partial charge in [0.25, 0.3) is 5.91 Å². The minimum atomic E-state index is -0.582. The molecule has 0 aliphatic carbocycles. The molecule has 0 saturated heterocycles. The van der Waals surface area contributed by atoms with Gasteiger partial charge in [0.15, 0.2) is 6.61 Å². The Hall–Kier alpha value is -2.82. The van der Waals surface area contributed by atoms with Crippen LogP contribution in [0.15, 0.2) is 48.5 Å². The van der Waals surface area contributed by atoms with Crippen LogP contribution in [0.3, 0.4) is 0 Å². The van der Waals surface area contributed by atoms with Crippen LogP contribution in [0, 0.1) is 6.92 Å². The van der Waals surface area contributed by atoms with Crippen LogP contribution in [0.2, 0.25) is 0 Å². The standard InChI is InChI=1S/C24H32N2O3/c1-5-15-25-24(28)19(4)26(16-21-9-7-18(3)8-10-21)23(27)17-29-22-13-11-20(6-2)12-14-22/h7-14,19H,5-6,15-17H2,1-4H3,(H,25,28). The van der Waals surface area contributed by atoms with Crippen molar-refractivity contribution in [2.45, 2.75) is 53.1 Å². The Bertz CT molecular complexity index is 785. The predicted octanol–water partition coefficient (Wildman–Crippen LogP) is 3.88. The second-order valence-electron chi connectivity index (χ2n) is 7.26. The van der Waals surface area contributed by atoms with Crippen LogP contribution in [0.4, 0.5) is 0 Å². The number of amides is 2. The molecule has 2 rings (SSSR count). The summed E-state index contributed by atoms with van der Waals surface area (Å²) in [7, 11) is 0. The fourth-order valence-electron chi connectivity index (χ4n) is 2.92. The highest BCUT2D eigenvalue weighted by Crippen LogP contribution is 2.15. The third-order valence-corrected chi connectivity index (χ3v) is 4.88.